The molecule has 1 rings (SSSR count). The van der Waals surface area contributed by atoms with Crippen LogP contribution in [0.4, 0.5) is 0 Å². The lowest BCUT2D eigenvalue weighted by Crippen LogP contribution is -2.02. The van der Waals surface area contributed by atoms with Crippen LogP contribution in [0.25, 0.3) is 0 Å². The van der Waals surface area contributed by atoms with Gasteiger partial charge in [-0.05, 0) is 30.5 Å². The fraction of sp³-hybridized carbons (Fsp3) is 0.500. The van der Waals surface area contributed by atoms with Crippen LogP contribution in [0.1, 0.15) is 29.2 Å². The summed E-state index contributed by atoms with van der Waals surface area (Å²) in [6.45, 7) is 4.72. The second kappa shape index (κ2) is 5.13. The van der Waals surface area contributed by atoms with Crippen LogP contribution in [-0.4, -0.2) is 18.8 Å². The molecule has 78 valence electrons. The van der Waals surface area contributed by atoms with Crippen molar-refractivity contribution in [1.29, 1.82) is 0 Å². The number of aliphatic hydroxyl groups is 1. The first-order valence-corrected chi connectivity index (χ1v) is 4.89. The molecule has 0 saturated heterocycles. The normalized spacial score (nSPS) is 12.9. The van der Waals surface area contributed by atoms with Crippen molar-refractivity contribution in [3.63, 3.8) is 0 Å². The lowest BCUT2D eigenvalue weighted by molar-refractivity contribution is 0.110. The Labute approximate surface area is 85.5 Å². The minimum absolute atomic E-state index is 0.408. The highest BCUT2D eigenvalue weighted by Gasteiger charge is 2.07. The van der Waals surface area contributed by atoms with E-state index in [4.69, 9.17) is 4.74 Å². The highest BCUT2D eigenvalue weighted by atomic mass is 16.5. The Balaban J connectivity index is 2.70. The molecule has 0 aliphatic heterocycles. The van der Waals surface area contributed by atoms with Crippen LogP contribution in [0.5, 0.6) is 0 Å². The van der Waals surface area contributed by atoms with E-state index in [-0.39, 0.29) is 0 Å². The fourth-order valence-corrected chi connectivity index (χ4v) is 1.37. The molecule has 1 atom stereocenters. The summed E-state index contributed by atoms with van der Waals surface area (Å²) in [4.78, 5) is 0. The molecule has 0 aliphatic carbocycles. The molecule has 1 aromatic carbocycles. The van der Waals surface area contributed by atoms with Gasteiger partial charge in [0.05, 0.1) is 6.10 Å². The Morgan fingerprint density at radius 2 is 2.00 bits per heavy atom. The maximum atomic E-state index is 9.79. The number of rotatable bonds is 4. The van der Waals surface area contributed by atoms with Gasteiger partial charge in [-0.15, -0.1) is 0 Å². The van der Waals surface area contributed by atoms with Gasteiger partial charge in [-0.25, -0.2) is 0 Å². The highest BCUT2D eigenvalue weighted by Crippen LogP contribution is 2.19. The Morgan fingerprint density at radius 3 is 2.57 bits per heavy atom. The van der Waals surface area contributed by atoms with Crippen molar-refractivity contribution in [2.45, 2.75) is 26.4 Å². The largest absolute Gasteiger partial charge is 0.388 e. The second-order valence-electron chi connectivity index (χ2n) is 3.64. The van der Waals surface area contributed by atoms with Crippen molar-refractivity contribution in [2.75, 3.05) is 13.7 Å². The van der Waals surface area contributed by atoms with Crippen LogP contribution in [0, 0.1) is 13.8 Å². The van der Waals surface area contributed by atoms with E-state index in [1.807, 2.05) is 18.2 Å². The first-order valence-electron chi connectivity index (χ1n) is 4.89. The maximum Gasteiger partial charge on any atom is 0.0812 e. The minimum Gasteiger partial charge on any atom is -0.388 e. The van der Waals surface area contributed by atoms with Gasteiger partial charge >= 0.3 is 0 Å². The smallest absolute Gasteiger partial charge is 0.0812 e. The van der Waals surface area contributed by atoms with Gasteiger partial charge in [0.1, 0.15) is 0 Å². The van der Waals surface area contributed by atoms with E-state index in [0.717, 1.165) is 5.56 Å². The summed E-state index contributed by atoms with van der Waals surface area (Å²) in [5.74, 6) is 0. The molecule has 0 bridgehead atoms. The molecule has 0 fully saturated rings. The molecule has 0 aliphatic rings. The Hall–Kier alpha value is -0.860. The summed E-state index contributed by atoms with van der Waals surface area (Å²) < 4.78 is 4.93. The molecule has 1 aromatic rings. The van der Waals surface area contributed by atoms with E-state index in [0.29, 0.717) is 13.0 Å². The Kier molecular flexibility index (Phi) is 4.11. The first-order chi connectivity index (χ1) is 6.65. The van der Waals surface area contributed by atoms with Crippen LogP contribution < -0.4 is 0 Å². The lowest BCUT2D eigenvalue weighted by atomic mass is 10.0. The molecule has 0 heterocycles. The number of benzene rings is 1. The van der Waals surface area contributed by atoms with Crippen molar-refractivity contribution >= 4 is 0 Å². The van der Waals surface area contributed by atoms with Crippen molar-refractivity contribution in [2.24, 2.45) is 0 Å². The topological polar surface area (TPSA) is 29.5 Å². The zero-order valence-corrected chi connectivity index (χ0v) is 9.08. The zero-order chi connectivity index (χ0) is 10.6. The van der Waals surface area contributed by atoms with Crippen molar-refractivity contribution in [1.82, 2.24) is 0 Å². The molecule has 1 unspecified atom stereocenters. The van der Waals surface area contributed by atoms with Gasteiger partial charge in [-0.1, -0.05) is 18.2 Å². The number of hydrogen-bond acceptors (Lipinski definition) is 2. The molecular weight excluding hydrogens is 176 g/mol. The standard InChI is InChI=1S/C12H18O2/c1-9-4-5-11(8-10(9)2)12(13)6-7-14-3/h4-5,8,12-13H,6-7H2,1-3H3. The summed E-state index contributed by atoms with van der Waals surface area (Å²) >= 11 is 0. The van der Waals surface area contributed by atoms with Crippen LogP contribution in [0.2, 0.25) is 0 Å². The van der Waals surface area contributed by atoms with Crippen LogP contribution in [0.3, 0.4) is 0 Å². The third-order valence-corrected chi connectivity index (χ3v) is 2.51. The average Bonchev–Trinajstić information content (AvgIpc) is 2.18. The minimum atomic E-state index is -0.408. The van der Waals surface area contributed by atoms with Gasteiger partial charge in [0.15, 0.2) is 0 Å². The van der Waals surface area contributed by atoms with Gasteiger partial charge in [0.2, 0.25) is 0 Å². The van der Waals surface area contributed by atoms with Crippen LogP contribution >= 0.6 is 0 Å². The number of hydrogen-bond donors (Lipinski definition) is 1. The second-order valence-corrected chi connectivity index (χ2v) is 3.64. The molecular formula is C12H18O2. The molecule has 0 spiro atoms. The number of ether oxygens (including phenoxy) is 1. The van der Waals surface area contributed by atoms with E-state index in [9.17, 15) is 5.11 Å². The monoisotopic (exact) mass is 194 g/mol. The third-order valence-electron chi connectivity index (χ3n) is 2.51. The summed E-state index contributed by atoms with van der Waals surface area (Å²) in [5.41, 5.74) is 3.46. The zero-order valence-electron chi connectivity index (χ0n) is 9.08. The average molecular weight is 194 g/mol. The molecule has 0 aromatic heterocycles. The van der Waals surface area contributed by atoms with Crippen LogP contribution in [0.15, 0.2) is 18.2 Å². The number of aryl methyl sites for hydroxylation is 2. The highest BCUT2D eigenvalue weighted by molar-refractivity contribution is 5.30. The van der Waals surface area contributed by atoms with E-state index < -0.39 is 6.10 Å². The van der Waals surface area contributed by atoms with E-state index in [1.54, 1.807) is 7.11 Å². The Morgan fingerprint density at radius 1 is 1.29 bits per heavy atom. The molecule has 2 nitrogen and oxygen atoms in total. The van der Waals surface area contributed by atoms with Crippen LogP contribution in [-0.2, 0) is 4.74 Å². The maximum absolute atomic E-state index is 9.79. The molecule has 2 heteroatoms. The lowest BCUT2D eigenvalue weighted by Gasteiger charge is -2.11. The Bertz CT molecular complexity index is 294. The predicted octanol–water partition coefficient (Wildman–Crippen LogP) is 2.37. The summed E-state index contributed by atoms with van der Waals surface area (Å²) in [7, 11) is 1.65. The van der Waals surface area contributed by atoms with Gasteiger partial charge < -0.3 is 9.84 Å². The molecule has 0 radical (unpaired) electrons. The summed E-state index contributed by atoms with van der Waals surface area (Å²) in [6.07, 6.45) is 0.244. The van der Waals surface area contributed by atoms with Gasteiger partial charge in [-0.2, -0.15) is 0 Å². The SMILES string of the molecule is COCCC(O)c1ccc(C)c(C)c1. The van der Waals surface area contributed by atoms with E-state index in [2.05, 4.69) is 13.8 Å². The first kappa shape index (κ1) is 11.2. The molecule has 14 heavy (non-hydrogen) atoms. The third kappa shape index (κ3) is 2.82. The van der Waals surface area contributed by atoms with E-state index in [1.165, 1.54) is 11.1 Å². The van der Waals surface area contributed by atoms with Crippen molar-refractivity contribution in [3.8, 4) is 0 Å². The van der Waals surface area contributed by atoms with Gasteiger partial charge in [-0.3, -0.25) is 0 Å². The van der Waals surface area contributed by atoms with Gasteiger partial charge in [0.25, 0.3) is 0 Å². The number of methoxy groups -OCH3 is 1. The van der Waals surface area contributed by atoms with Crippen molar-refractivity contribution < 1.29 is 9.84 Å². The quantitative estimate of drug-likeness (QED) is 0.797. The van der Waals surface area contributed by atoms with Crippen molar-refractivity contribution in [3.05, 3.63) is 34.9 Å². The molecule has 0 saturated carbocycles. The van der Waals surface area contributed by atoms with Gasteiger partial charge in [0, 0.05) is 20.1 Å². The molecule has 1 N–H and O–H groups in total. The predicted molar refractivity (Wildman–Crippen MR) is 57.4 cm³/mol. The molecule has 0 amide bonds. The number of aliphatic hydroxyl groups excluding tert-OH is 1. The fourth-order valence-electron chi connectivity index (χ4n) is 1.37. The van der Waals surface area contributed by atoms with E-state index >= 15 is 0 Å². The summed E-state index contributed by atoms with van der Waals surface area (Å²) in [5, 5.41) is 9.79. The summed E-state index contributed by atoms with van der Waals surface area (Å²) in [6, 6.07) is 6.05.